The standard InChI is InChI=1S/C21H26NO/c1-2-17-12-14-22(15-13-17)16-21(23)20-10-8-19(9-11-20)18-6-4-3-5-7-18/h8-15,18H,2-7,16H2,1H3/q+1. The Morgan fingerprint density at radius 2 is 1.65 bits per heavy atom. The number of pyridine rings is 1. The van der Waals surface area contributed by atoms with Crippen molar-refractivity contribution in [2.24, 2.45) is 0 Å². The van der Waals surface area contributed by atoms with E-state index in [2.05, 4.69) is 31.2 Å². The molecule has 1 heterocycles. The molecule has 3 rings (SSSR count). The number of carbonyl (C=O) groups is 1. The Balaban J connectivity index is 1.64. The SMILES string of the molecule is CCc1cc[n+](CC(=O)c2ccc(C3CCCCC3)cc2)cc1. The summed E-state index contributed by atoms with van der Waals surface area (Å²) in [5.41, 5.74) is 3.52. The topological polar surface area (TPSA) is 20.9 Å². The van der Waals surface area contributed by atoms with Crippen LogP contribution in [0.1, 0.15) is 66.4 Å². The molecule has 1 fully saturated rings. The number of ketones is 1. The predicted molar refractivity (Wildman–Crippen MR) is 92.6 cm³/mol. The van der Waals surface area contributed by atoms with Crippen LogP contribution >= 0.6 is 0 Å². The van der Waals surface area contributed by atoms with Crippen LogP contribution in [0.5, 0.6) is 0 Å². The second-order valence-corrected chi connectivity index (χ2v) is 6.61. The van der Waals surface area contributed by atoms with Crippen molar-refractivity contribution in [1.82, 2.24) is 0 Å². The number of rotatable bonds is 5. The van der Waals surface area contributed by atoms with Crippen molar-refractivity contribution in [1.29, 1.82) is 0 Å². The molecule has 23 heavy (non-hydrogen) atoms. The van der Waals surface area contributed by atoms with Crippen LogP contribution in [0.25, 0.3) is 0 Å². The summed E-state index contributed by atoms with van der Waals surface area (Å²) in [4.78, 5) is 12.4. The Labute approximate surface area is 139 Å². The number of Topliss-reactive ketones (excluding diaryl/α,β-unsaturated/α-hetero) is 1. The van der Waals surface area contributed by atoms with Gasteiger partial charge >= 0.3 is 0 Å². The van der Waals surface area contributed by atoms with Crippen LogP contribution < -0.4 is 4.57 Å². The highest BCUT2D eigenvalue weighted by atomic mass is 16.1. The van der Waals surface area contributed by atoms with Crippen LogP contribution in [-0.4, -0.2) is 5.78 Å². The lowest BCUT2D eigenvalue weighted by Gasteiger charge is -2.21. The Morgan fingerprint density at radius 3 is 2.26 bits per heavy atom. The summed E-state index contributed by atoms with van der Waals surface area (Å²) >= 11 is 0. The van der Waals surface area contributed by atoms with Gasteiger partial charge in [-0.15, -0.1) is 0 Å². The quantitative estimate of drug-likeness (QED) is 0.590. The van der Waals surface area contributed by atoms with Crippen LogP contribution in [0, 0.1) is 0 Å². The lowest BCUT2D eigenvalue weighted by molar-refractivity contribution is -0.683. The highest BCUT2D eigenvalue weighted by Crippen LogP contribution is 2.32. The molecule has 0 amide bonds. The molecule has 0 aliphatic heterocycles. The maximum Gasteiger partial charge on any atom is 0.227 e. The van der Waals surface area contributed by atoms with E-state index in [9.17, 15) is 4.79 Å². The highest BCUT2D eigenvalue weighted by Gasteiger charge is 2.17. The zero-order valence-corrected chi connectivity index (χ0v) is 14.0. The van der Waals surface area contributed by atoms with Gasteiger partial charge in [0.25, 0.3) is 0 Å². The smallest absolute Gasteiger partial charge is 0.227 e. The molecule has 2 heteroatoms. The zero-order chi connectivity index (χ0) is 16.1. The van der Waals surface area contributed by atoms with Gasteiger partial charge in [-0.2, -0.15) is 4.57 Å². The van der Waals surface area contributed by atoms with Crippen LogP contribution in [0.3, 0.4) is 0 Å². The summed E-state index contributed by atoms with van der Waals surface area (Å²) in [6.07, 6.45) is 11.7. The van der Waals surface area contributed by atoms with Gasteiger partial charge in [0, 0.05) is 17.7 Å². The van der Waals surface area contributed by atoms with Gasteiger partial charge in [0.05, 0.1) is 0 Å². The molecule has 1 aromatic carbocycles. The number of nitrogens with zero attached hydrogens (tertiary/aromatic N) is 1. The fourth-order valence-electron chi connectivity index (χ4n) is 3.46. The third kappa shape index (κ3) is 4.07. The van der Waals surface area contributed by atoms with Crippen molar-refractivity contribution in [3.63, 3.8) is 0 Å². The Hall–Kier alpha value is -1.96. The number of aromatic nitrogens is 1. The van der Waals surface area contributed by atoms with E-state index < -0.39 is 0 Å². The number of hydrogen-bond donors (Lipinski definition) is 0. The molecule has 1 aliphatic carbocycles. The van der Waals surface area contributed by atoms with Crippen LogP contribution in [-0.2, 0) is 13.0 Å². The molecule has 0 bridgehead atoms. The summed E-state index contributed by atoms with van der Waals surface area (Å²) in [5.74, 6) is 0.873. The third-order valence-electron chi connectivity index (χ3n) is 5.00. The second-order valence-electron chi connectivity index (χ2n) is 6.61. The van der Waals surface area contributed by atoms with Gasteiger partial charge in [-0.05, 0) is 36.3 Å². The molecular weight excluding hydrogens is 282 g/mol. The van der Waals surface area contributed by atoms with E-state index in [1.165, 1.54) is 43.2 Å². The van der Waals surface area contributed by atoms with E-state index in [0.717, 1.165) is 12.0 Å². The first-order valence-electron chi connectivity index (χ1n) is 8.87. The Kier molecular flexibility index (Phi) is 5.22. The molecule has 2 aromatic rings. The summed E-state index contributed by atoms with van der Waals surface area (Å²) in [7, 11) is 0. The van der Waals surface area contributed by atoms with E-state index in [-0.39, 0.29) is 5.78 Å². The predicted octanol–water partition coefficient (Wildman–Crippen LogP) is 4.47. The monoisotopic (exact) mass is 308 g/mol. The second kappa shape index (κ2) is 7.54. The average molecular weight is 308 g/mol. The van der Waals surface area contributed by atoms with E-state index >= 15 is 0 Å². The van der Waals surface area contributed by atoms with Crippen LogP contribution in [0.2, 0.25) is 0 Å². The summed E-state index contributed by atoms with van der Waals surface area (Å²) < 4.78 is 1.95. The van der Waals surface area contributed by atoms with Gasteiger partial charge in [0.15, 0.2) is 12.4 Å². The van der Waals surface area contributed by atoms with Crippen molar-refractivity contribution < 1.29 is 9.36 Å². The van der Waals surface area contributed by atoms with Crippen molar-refractivity contribution in [2.45, 2.75) is 57.9 Å². The molecule has 0 spiro atoms. The van der Waals surface area contributed by atoms with Crippen molar-refractivity contribution in [2.75, 3.05) is 0 Å². The molecule has 1 saturated carbocycles. The van der Waals surface area contributed by atoms with Gasteiger partial charge < -0.3 is 0 Å². The van der Waals surface area contributed by atoms with Crippen LogP contribution in [0.4, 0.5) is 0 Å². The number of benzene rings is 1. The number of carbonyl (C=O) groups excluding carboxylic acids is 1. The normalized spacial score (nSPS) is 15.5. The lowest BCUT2D eigenvalue weighted by atomic mass is 9.84. The Morgan fingerprint density at radius 1 is 1.00 bits per heavy atom. The molecular formula is C21H26NO+. The first kappa shape index (κ1) is 15.9. The molecule has 0 N–H and O–H groups in total. The molecule has 2 nitrogen and oxygen atoms in total. The Bertz CT molecular complexity index is 637. The molecule has 0 radical (unpaired) electrons. The minimum absolute atomic E-state index is 0.175. The van der Waals surface area contributed by atoms with Gasteiger partial charge in [-0.3, -0.25) is 4.79 Å². The largest absolute Gasteiger partial charge is 0.287 e. The minimum atomic E-state index is 0.175. The maximum atomic E-state index is 12.4. The number of aryl methyl sites for hydroxylation is 1. The third-order valence-corrected chi connectivity index (χ3v) is 5.00. The minimum Gasteiger partial charge on any atom is -0.287 e. The average Bonchev–Trinajstić information content (AvgIpc) is 2.63. The molecule has 0 unspecified atom stereocenters. The van der Waals surface area contributed by atoms with Gasteiger partial charge in [-0.25, -0.2) is 0 Å². The van der Waals surface area contributed by atoms with Gasteiger partial charge in [-0.1, -0.05) is 50.5 Å². The van der Waals surface area contributed by atoms with Gasteiger partial charge in [0.1, 0.15) is 0 Å². The molecule has 0 saturated heterocycles. The number of hydrogen-bond acceptors (Lipinski definition) is 1. The maximum absolute atomic E-state index is 12.4. The first-order valence-corrected chi connectivity index (χ1v) is 8.87. The van der Waals surface area contributed by atoms with Crippen molar-refractivity contribution in [3.05, 3.63) is 65.5 Å². The van der Waals surface area contributed by atoms with E-state index in [4.69, 9.17) is 0 Å². The molecule has 1 aromatic heterocycles. The molecule has 1 aliphatic rings. The van der Waals surface area contributed by atoms with E-state index in [1.807, 2.05) is 29.1 Å². The molecule has 120 valence electrons. The van der Waals surface area contributed by atoms with E-state index in [1.54, 1.807) is 0 Å². The highest BCUT2D eigenvalue weighted by molar-refractivity contribution is 5.95. The zero-order valence-electron chi connectivity index (χ0n) is 14.0. The van der Waals surface area contributed by atoms with Gasteiger partial charge in [0.2, 0.25) is 12.3 Å². The summed E-state index contributed by atoms with van der Waals surface area (Å²) in [6, 6.07) is 12.5. The van der Waals surface area contributed by atoms with E-state index in [0.29, 0.717) is 12.5 Å². The van der Waals surface area contributed by atoms with Crippen molar-refractivity contribution >= 4 is 5.78 Å². The summed E-state index contributed by atoms with van der Waals surface area (Å²) in [6.45, 7) is 2.55. The van der Waals surface area contributed by atoms with Crippen LogP contribution in [0.15, 0.2) is 48.8 Å². The summed E-state index contributed by atoms with van der Waals surface area (Å²) in [5, 5.41) is 0. The fraction of sp³-hybridized carbons (Fsp3) is 0.429. The molecule has 0 atom stereocenters. The fourth-order valence-corrected chi connectivity index (χ4v) is 3.46. The van der Waals surface area contributed by atoms with Crippen molar-refractivity contribution in [3.8, 4) is 0 Å². The lowest BCUT2D eigenvalue weighted by Crippen LogP contribution is -2.37. The first-order chi connectivity index (χ1) is 11.3.